The molecule has 0 heterocycles. The standard InChI is InChI=1S/C4H11NO4.H3N/c6-1-3-8-5-9-4-2-7;/h5-7H,1-4H2;1H3. The lowest BCUT2D eigenvalue weighted by atomic mass is 10.8. The summed E-state index contributed by atoms with van der Waals surface area (Å²) in [6.07, 6.45) is 0. The van der Waals surface area contributed by atoms with E-state index in [9.17, 15) is 0 Å². The van der Waals surface area contributed by atoms with Crippen LogP contribution in [0.5, 0.6) is 0 Å². The van der Waals surface area contributed by atoms with E-state index in [4.69, 9.17) is 10.2 Å². The second-order valence-electron chi connectivity index (χ2n) is 1.23. The van der Waals surface area contributed by atoms with Gasteiger partial charge in [0.1, 0.15) is 0 Å². The maximum atomic E-state index is 8.15. The van der Waals surface area contributed by atoms with Crippen LogP contribution in [0.2, 0.25) is 0 Å². The Morgan fingerprint density at radius 3 is 1.70 bits per heavy atom. The molecule has 0 rings (SSSR count). The van der Waals surface area contributed by atoms with Crippen LogP contribution in [0.1, 0.15) is 0 Å². The van der Waals surface area contributed by atoms with E-state index in [0.717, 1.165) is 0 Å². The fourth-order valence-electron chi connectivity index (χ4n) is 0.216. The minimum absolute atomic E-state index is 0. The Morgan fingerprint density at radius 1 is 1.00 bits per heavy atom. The molecule has 0 atom stereocenters. The van der Waals surface area contributed by atoms with Gasteiger partial charge in [-0.25, -0.2) is 0 Å². The Morgan fingerprint density at radius 2 is 1.40 bits per heavy atom. The molecule has 0 fully saturated rings. The van der Waals surface area contributed by atoms with Gasteiger partial charge in [-0.15, -0.1) is 0 Å². The van der Waals surface area contributed by atoms with Gasteiger partial charge in [0, 0.05) is 0 Å². The third kappa shape index (κ3) is 10.7. The third-order valence-electron chi connectivity index (χ3n) is 0.505. The van der Waals surface area contributed by atoms with Crippen molar-refractivity contribution >= 4 is 0 Å². The first-order valence-electron chi connectivity index (χ1n) is 2.62. The molecule has 6 N–H and O–H groups in total. The number of hydrogen-bond acceptors (Lipinski definition) is 6. The van der Waals surface area contributed by atoms with Gasteiger partial charge in [0.05, 0.1) is 26.4 Å². The Labute approximate surface area is 59.2 Å². The Bertz CT molecular complexity index is 48.5. The topological polar surface area (TPSA) is 106 Å². The summed E-state index contributed by atoms with van der Waals surface area (Å²) in [5.41, 5.74) is 2.07. The van der Waals surface area contributed by atoms with E-state index in [1.807, 2.05) is 0 Å². The highest BCUT2D eigenvalue weighted by molar-refractivity contribution is 4.16. The Hall–Kier alpha value is -0.240. The molecule has 6 heteroatoms. The SMILES string of the molecule is N.OCCONOCCO. The van der Waals surface area contributed by atoms with Gasteiger partial charge >= 0.3 is 0 Å². The van der Waals surface area contributed by atoms with E-state index in [1.54, 1.807) is 0 Å². The lowest BCUT2D eigenvalue weighted by molar-refractivity contribution is -0.178. The molecule has 0 aliphatic carbocycles. The maximum Gasteiger partial charge on any atom is 0.0940 e. The minimum Gasteiger partial charge on any atom is -0.394 e. The minimum atomic E-state index is -0.0600. The summed E-state index contributed by atoms with van der Waals surface area (Å²) in [5.74, 6) is 0. The van der Waals surface area contributed by atoms with Crippen LogP contribution < -0.4 is 11.8 Å². The quantitative estimate of drug-likeness (QED) is 0.276. The van der Waals surface area contributed by atoms with E-state index < -0.39 is 0 Å². The van der Waals surface area contributed by atoms with Gasteiger partial charge in [0.2, 0.25) is 0 Å². The van der Waals surface area contributed by atoms with Crippen molar-refractivity contribution in [2.45, 2.75) is 0 Å². The van der Waals surface area contributed by atoms with Crippen LogP contribution >= 0.6 is 0 Å². The van der Waals surface area contributed by atoms with Crippen molar-refractivity contribution in [1.82, 2.24) is 11.8 Å². The average Bonchev–Trinajstić information content (AvgIpc) is 1.89. The van der Waals surface area contributed by atoms with E-state index in [-0.39, 0.29) is 32.6 Å². The zero-order valence-corrected chi connectivity index (χ0v) is 5.75. The molecule has 6 nitrogen and oxygen atoms in total. The molecule has 0 aromatic carbocycles. The van der Waals surface area contributed by atoms with Crippen molar-refractivity contribution in [3.8, 4) is 0 Å². The number of hydrogen-bond donors (Lipinski definition) is 4. The van der Waals surface area contributed by atoms with Gasteiger partial charge in [0.15, 0.2) is 0 Å². The van der Waals surface area contributed by atoms with Crippen molar-refractivity contribution in [1.29, 1.82) is 0 Å². The summed E-state index contributed by atoms with van der Waals surface area (Å²) in [6, 6.07) is 0. The van der Waals surface area contributed by atoms with E-state index >= 15 is 0 Å². The molecule has 10 heavy (non-hydrogen) atoms. The predicted octanol–water partition coefficient (Wildman–Crippen LogP) is -1.41. The normalized spacial score (nSPS) is 9.00. The summed E-state index contributed by atoms with van der Waals surface area (Å²) in [5, 5.41) is 16.3. The molecule has 0 radical (unpaired) electrons. The summed E-state index contributed by atoms with van der Waals surface area (Å²) in [7, 11) is 0. The zero-order valence-electron chi connectivity index (χ0n) is 5.75. The van der Waals surface area contributed by atoms with Gasteiger partial charge in [-0.05, 0) is 0 Å². The van der Waals surface area contributed by atoms with Gasteiger partial charge in [-0.2, -0.15) is 0 Å². The van der Waals surface area contributed by atoms with Crippen LogP contribution in [0, 0.1) is 0 Å². The smallest absolute Gasteiger partial charge is 0.0940 e. The lowest BCUT2D eigenvalue weighted by Crippen LogP contribution is -2.19. The number of aliphatic hydroxyl groups excluding tert-OH is 2. The molecule has 0 aliphatic rings. The van der Waals surface area contributed by atoms with Crippen molar-refractivity contribution in [3.05, 3.63) is 0 Å². The molecule has 0 aliphatic heterocycles. The van der Waals surface area contributed by atoms with Gasteiger partial charge in [-0.1, -0.05) is 5.64 Å². The number of rotatable bonds is 6. The van der Waals surface area contributed by atoms with Crippen molar-refractivity contribution < 1.29 is 19.9 Å². The average molecular weight is 154 g/mol. The predicted molar refractivity (Wildman–Crippen MR) is 34.2 cm³/mol. The van der Waals surface area contributed by atoms with Crippen molar-refractivity contribution in [3.63, 3.8) is 0 Å². The summed E-state index contributed by atoms with van der Waals surface area (Å²) >= 11 is 0. The van der Waals surface area contributed by atoms with Crippen LogP contribution in [0.25, 0.3) is 0 Å². The molecule has 0 bridgehead atoms. The van der Waals surface area contributed by atoms with Crippen LogP contribution in [0.3, 0.4) is 0 Å². The largest absolute Gasteiger partial charge is 0.394 e. The molecule has 0 saturated heterocycles. The fourth-order valence-corrected chi connectivity index (χ4v) is 0.216. The summed E-state index contributed by atoms with van der Waals surface area (Å²) in [6.45, 7) is 0.224. The van der Waals surface area contributed by atoms with Crippen LogP contribution in [0.4, 0.5) is 0 Å². The summed E-state index contributed by atoms with van der Waals surface area (Å²) in [4.78, 5) is 8.90. The fraction of sp³-hybridized carbons (Fsp3) is 1.00. The highest BCUT2D eigenvalue weighted by Gasteiger charge is 1.83. The molecule has 0 unspecified atom stereocenters. The van der Waals surface area contributed by atoms with Gasteiger partial charge < -0.3 is 16.4 Å². The van der Waals surface area contributed by atoms with E-state index in [1.165, 1.54) is 0 Å². The Kier molecular flexibility index (Phi) is 14.4. The number of aliphatic hydroxyl groups is 2. The molecular formula is C4H14N2O4. The second-order valence-corrected chi connectivity index (χ2v) is 1.23. The lowest BCUT2D eigenvalue weighted by Gasteiger charge is -2.01. The van der Waals surface area contributed by atoms with Crippen LogP contribution in [0.15, 0.2) is 0 Å². The molecule has 0 aromatic heterocycles. The molecule has 0 amide bonds. The number of nitrogens with one attached hydrogen (secondary N) is 1. The summed E-state index contributed by atoms with van der Waals surface area (Å²) < 4.78 is 0. The van der Waals surface area contributed by atoms with Crippen molar-refractivity contribution in [2.24, 2.45) is 0 Å². The molecule has 0 saturated carbocycles. The molecule has 64 valence electrons. The van der Waals surface area contributed by atoms with Crippen LogP contribution in [-0.4, -0.2) is 36.6 Å². The monoisotopic (exact) mass is 154 g/mol. The second kappa shape index (κ2) is 11.5. The first-order valence-corrected chi connectivity index (χ1v) is 2.62. The van der Waals surface area contributed by atoms with Crippen LogP contribution in [-0.2, 0) is 9.68 Å². The highest BCUT2D eigenvalue weighted by atomic mass is 16.9. The molecular weight excluding hydrogens is 140 g/mol. The molecule has 0 aromatic rings. The van der Waals surface area contributed by atoms with Gasteiger partial charge in [-0.3, -0.25) is 9.68 Å². The van der Waals surface area contributed by atoms with Gasteiger partial charge in [0.25, 0.3) is 0 Å². The highest BCUT2D eigenvalue weighted by Crippen LogP contribution is 1.67. The third-order valence-corrected chi connectivity index (χ3v) is 0.505. The van der Waals surface area contributed by atoms with Crippen molar-refractivity contribution in [2.75, 3.05) is 26.4 Å². The van der Waals surface area contributed by atoms with E-state index in [2.05, 4.69) is 15.3 Å². The first kappa shape index (κ1) is 12.4. The Balaban J connectivity index is 0. The molecule has 0 spiro atoms. The van der Waals surface area contributed by atoms with E-state index in [0.29, 0.717) is 0 Å². The zero-order chi connectivity index (χ0) is 6.95. The maximum absolute atomic E-state index is 8.15. The first-order chi connectivity index (χ1) is 4.41.